The minimum Gasteiger partial charge on any atom is -0.369 e. The van der Waals surface area contributed by atoms with Crippen molar-refractivity contribution in [3.8, 4) is 0 Å². The quantitative estimate of drug-likeness (QED) is 0.880. The van der Waals surface area contributed by atoms with E-state index in [9.17, 15) is 9.59 Å². The van der Waals surface area contributed by atoms with Crippen LogP contribution in [-0.4, -0.2) is 53.7 Å². The second kappa shape index (κ2) is 7.48. The highest BCUT2D eigenvalue weighted by Gasteiger charge is 2.17. The van der Waals surface area contributed by atoms with Crippen LogP contribution >= 0.6 is 0 Å². The highest BCUT2D eigenvalue weighted by Crippen LogP contribution is 2.25. The molecule has 25 heavy (non-hydrogen) atoms. The van der Waals surface area contributed by atoms with Gasteiger partial charge in [-0.25, -0.2) is 5.10 Å². The molecule has 2 aromatic rings. The Kier molecular flexibility index (Phi) is 5.14. The molecule has 0 spiro atoms. The molecule has 2 N–H and O–H groups in total. The molecular weight excluding hydrogens is 318 g/mol. The smallest absolute Gasteiger partial charge is 0.276 e. The molecule has 0 radical (unpaired) electrons. The van der Waals surface area contributed by atoms with Gasteiger partial charge in [-0.15, -0.1) is 0 Å². The van der Waals surface area contributed by atoms with Crippen molar-refractivity contribution in [1.82, 2.24) is 15.1 Å². The molecule has 7 nitrogen and oxygen atoms in total. The predicted octanol–water partition coefficient (Wildman–Crippen LogP) is 1.47. The molecule has 3 rings (SSSR count). The summed E-state index contributed by atoms with van der Waals surface area (Å²) in [5.74, 6) is -0.347. The average Bonchev–Trinajstić information content (AvgIpc) is 2.62. The van der Waals surface area contributed by atoms with Crippen LogP contribution in [0.1, 0.15) is 23.0 Å². The van der Waals surface area contributed by atoms with Crippen LogP contribution in [0.5, 0.6) is 0 Å². The largest absolute Gasteiger partial charge is 0.369 e. The summed E-state index contributed by atoms with van der Waals surface area (Å²) in [5, 5.41) is 8.82. The van der Waals surface area contributed by atoms with E-state index in [2.05, 4.69) is 39.2 Å². The van der Waals surface area contributed by atoms with Crippen molar-refractivity contribution in [1.29, 1.82) is 0 Å². The summed E-state index contributed by atoms with van der Waals surface area (Å²) in [6.45, 7) is 9.52. The van der Waals surface area contributed by atoms with Gasteiger partial charge in [-0.3, -0.25) is 9.59 Å². The average molecular weight is 341 g/mol. The molecule has 1 saturated heterocycles. The maximum Gasteiger partial charge on any atom is 0.276 e. The topological polar surface area (TPSA) is 81.3 Å². The number of rotatable bonds is 4. The number of nitrogens with one attached hydrogen (secondary N) is 2. The molecule has 132 valence electrons. The van der Waals surface area contributed by atoms with E-state index in [1.165, 1.54) is 17.8 Å². The number of anilines is 2. The number of likely N-dealkylation sites (N-methyl/N-ethyl adjacent to an activating group) is 1. The molecule has 0 bridgehead atoms. The van der Waals surface area contributed by atoms with Gasteiger partial charge in [0, 0.05) is 43.6 Å². The number of carbonyl (C=O) groups is 1. The monoisotopic (exact) mass is 341 g/mol. The van der Waals surface area contributed by atoms with Gasteiger partial charge >= 0.3 is 0 Å². The fourth-order valence-corrected chi connectivity index (χ4v) is 3.06. The molecular formula is C18H23N5O2. The summed E-state index contributed by atoms with van der Waals surface area (Å²) >= 11 is 0. The van der Waals surface area contributed by atoms with Crippen LogP contribution in [0.25, 0.3) is 0 Å². The third-order valence-corrected chi connectivity index (χ3v) is 4.53. The van der Waals surface area contributed by atoms with Crippen LogP contribution in [0.4, 0.5) is 11.4 Å². The van der Waals surface area contributed by atoms with E-state index in [0.717, 1.165) is 38.3 Å². The van der Waals surface area contributed by atoms with E-state index in [1.54, 1.807) is 0 Å². The maximum atomic E-state index is 12.2. The lowest BCUT2D eigenvalue weighted by Crippen LogP contribution is -2.46. The van der Waals surface area contributed by atoms with Crippen molar-refractivity contribution in [2.24, 2.45) is 0 Å². The normalized spacial score (nSPS) is 15.2. The number of aromatic nitrogens is 2. The van der Waals surface area contributed by atoms with E-state index in [1.807, 2.05) is 18.2 Å². The second-order valence-corrected chi connectivity index (χ2v) is 6.18. The van der Waals surface area contributed by atoms with Gasteiger partial charge in [0.2, 0.25) is 0 Å². The molecule has 2 heterocycles. The standard InChI is InChI=1S/C18H23N5O2/c1-3-22-8-10-23(11-9-22)16-6-4-14(12-13(16)2)19-18(25)15-5-7-17(24)21-20-15/h4-7,12H,3,8-11H2,1-2H3,(H,19,25)(H,21,24). The Morgan fingerprint density at radius 2 is 1.96 bits per heavy atom. The molecule has 1 fully saturated rings. The number of hydrogen-bond donors (Lipinski definition) is 2. The van der Waals surface area contributed by atoms with Crippen LogP contribution in [0.15, 0.2) is 35.1 Å². The summed E-state index contributed by atoms with van der Waals surface area (Å²) in [7, 11) is 0. The van der Waals surface area contributed by atoms with E-state index in [-0.39, 0.29) is 17.2 Å². The van der Waals surface area contributed by atoms with Crippen LogP contribution in [0.3, 0.4) is 0 Å². The molecule has 1 amide bonds. The number of piperazine rings is 1. The first-order chi connectivity index (χ1) is 12.1. The van der Waals surface area contributed by atoms with Gasteiger partial charge in [-0.2, -0.15) is 5.10 Å². The molecule has 0 unspecified atom stereocenters. The van der Waals surface area contributed by atoms with Gasteiger partial charge in [-0.1, -0.05) is 6.92 Å². The summed E-state index contributed by atoms with van der Waals surface area (Å²) in [6.07, 6.45) is 0. The van der Waals surface area contributed by atoms with Crippen LogP contribution < -0.4 is 15.8 Å². The Bertz CT molecular complexity index is 789. The van der Waals surface area contributed by atoms with Crippen LogP contribution in [0.2, 0.25) is 0 Å². The number of H-pyrrole nitrogens is 1. The number of benzene rings is 1. The van der Waals surface area contributed by atoms with Gasteiger partial charge in [0.25, 0.3) is 11.5 Å². The van der Waals surface area contributed by atoms with Gasteiger partial charge in [-0.05, 0) is 43.3 Å². The molecule has 0 atom stereocenters. The van der Waals surface area contributed by atoms with Gasteiger partial charge in [0.15, 0.2) is 0 Å². The van der Waals surface area contributed by atoms with Crippen molar-refractivity contribution in [2.75, 3.05) is 42.9 Å². The van der Waals surface area contributed by atoms with Crippen LogP contribution in [-0.2, 0) is 0 Å². The first kappa shape index (κ1) is 17.2. The zero-order valence-corrected chi connectivity index (χ0v) is 14.6. The second-order valence-electron chi connectivity index (χ2n) is 6.18. The van der Waals surface area contributed by atoms with Crippen molar-refractivity contribution in [3.63, 3.8) is 0 Å². The number of aryl methyl sites for hydroxylation is 1. The third kappa shape index (κ3) is 4.06. The van der Waals surface area contributed by atoms with Gasteiger partial charge in [0.1, 0.15) is 5.69 Å². The molecule has 0 saturated carbocycles. The first-order valence-electron chi connectivity index (χ1n) is 8.52. The summed E-state index contributed by atoms with van der Waals surface area (Å²) in [5.41, 5.74) is 2.89. The molecule has 7 heteroatoms. The van der Waals surface area contributed by atoms with Crippen molar-refractivity contribution in [2.45, 2.75) is 13.8 Å². The minimum atomic E-state index is -0.347. The molecule has 1 aliphatic heterocycles. The minimum absolute atomic E-state index is 0.178. The molecule has 1 aliphatic rings. The zero-order valence-electron chi connectivity index (χ0n) is 14.6. The van der Waals surface area contributed by atoms with E-state index < -0.39 is 0 Å². The lowest BCUT2D eigenvalue weighted by molar-refractivity contribution is 0.102. The van der Waals surface area contributed by atoms with E-state index in [0.29, 0.717) is 5.69 Å². The number of aromatic amines is 1. The molecule has 1 aromatic heterocycles. The third-order valence-electron chi connectivity index (χ3n) is 4.53. The summed E-state index contributed by atoms with van der Waals surface area (Å²) in [6, 6.07) is 8.60. The van der Waals surface area contributed by atoms with E-state index in [4.69, 9.17) is 0 Å². The van der Waals surface area contributed by atoms with Crippen molar-refractivity contribution in [3.05, 3.63) is 51.9 Å². The SMILES string of the molecule is CCN1CCN(c2ccc(NC(=O)c3ccc(=O)[nH]n3)cc2C)CC1. The van der Waals surface area contributed by atoms with Gasteiger partial charge in [0.05, 0.1) is 0 Å². The zero-order chi connectivity index (χ0) is 17.8. The highest BCUT2D eigenvalue weighted by molar-refractivity contribution is 6.02. The Balaban J connectivity index is 1.68. The lowest BCUT2D eigenvalue weighted by Gasteiger charge is -2.36. The highest BCUT2D eigenvalue weighted by atomic mass is 16.2. The number of hydrogen-bond acceptors (Lipinski definition) is 5. The molecule has 1 aromatic carbocycles. The fraction of sp³-hybridized carbons (Fsp3) is 0.389. The first-order valence-corrected chi connectivity index (χ1v) is 8.52. The number of nitrogens with zero attached hydrogens (tertiary/aromatic N) is 3. The van der Waals surface area contributed by atoms with Gasteiger partial charge < -0.3 is 15.1 Å². The maximum absolute atomic E-state index is 12.2. The Morgan fingerprint density at radius 1 is 1.20 bits per heavy atom. The number of amides is 1. The molecule has 0 aliphatic carbocycles. The Labute approximate surface area is 146 Å². The van der Waals surface area contributed by atoms with Crippen molar-refractivity contribution >= 4 is 17.3 Å². The predicted molar refractivity (Wildman–Crippen MR) is 98.3 cm³/mol. The fourth-order valence-electron chi connectivity index (χ4n) is 3.06. The van der Waals surface area contributed by atoms with Crippen molar-refractivity contribution < 1.29 is 4.79 Å². The van der Waals surface area contributed by atoms with E-state index >= 15 is 0 Å². The number of carbonyl (C=O) groups excluding carboxylic acids is 1. The van der Waals surface area contributed by atoms with Crippen LogP contribution in [0, 0.1) is 6.92 Å². The Hall–Kier alpha value is -2.67. The summed E-state index contributed by atoms with van der Waals surface area (Å²) in [4.78, 5) is 28.0. The summed E-state index contributed by atoms with van der Waals surface area (Å²) < 4.78 is 0. The lowest BCUT2D eigenvalue weighted by atomic mass is 10.1. The Morgan fingerprint density at radius 3 is 2.56 bits per heavy atom.